The van der Waals surface area contributed by atoms with E-state index < -0.39 is 0 Å². The molecule has 1 atom stereocenters. The topological polar surface area (TPSA) is 29.3 Å². The van der Waals surface area contributed by atoms with E-state index in [0.717, 1.165) is 19.6 Å². The van der Waals surface area contributed by atoms with E-state index in [-0.39, 0.29) is 0 Å². The van der Waals surface area contributed by atoms with E-state index in [0.29, 0.717) is 11.3 Å². The molecule has 0 radical (unpaired) electrons. The molecule has 1 unspecified atom stereocenters. The molecule has 2 rings (SSSR count). The number of benzene rings is 1. The van der Waals surface area contributed by atoms with Gasteiger partial charge < -0.3 is 10.6 Å². The molecule has 2 heteroatoms. The highest BCUT2D eigenvalue weighted by Gasteiger charge is 2.35. The molecule has 2 nitrogen and oxygen atoms in total. The lowest BCUT2D eigenvalue weighted by molar-refractivity contribution is 0.182. The number of hydrogen-bond donors (Lipinski definition) is 1. The Labute approximate surface area is 111 Å². The van der Waals surface area contributed by atoms with Gasteiger partial charge in [0.15, 0.2) is 0 Å². The third-order valence-electron chi connectivity index (χ3n) is 4.65. The SMILES string of the molecule is Cc1cccc(N2CCC(CN)C(C)(C)C2)c1C. The van der Waals surface area contributed by atoms with Gasteiger partial charge in [-0.1, -0.05) is 26.0 Å². The van der Waals surface area contributed by atoms with Crippen LogP contribution in [-0.4, -0.2) is 19.6 Å². The van der Waals surface area contributed by atoms with Gasteiger partial charge in [0.25, 0.3) is 0 Å². The summed E-state index contributed by atoms with van der Waals surface area (Å²) in [5.74, 6) is 0.652. The minimum absolute atomic E-state index is 0.309. The molecule has 1 aromatic carbocycles. The minimum atomic E-state index is 0.309. The molecular weight excluding hydrogens is 220 g/mol. The Hall–Kier alpha value is -1.02. The predicted molar refractivity (Wildman–Crippen MR) is 79.1 cm³/mol. The van der Waals surface area contributed by atoms with E-state index in [1.165, 1.54) is 23.2 Å². The quantitative estimate of drug-likeness (QED) is 0.868. The molecule has 1 aliphatic heterocycles. The van der Waals surface area contributed by atoms with Crippen LogP contribution in [0.4, 0.5) is 5.69 Å². The van der Waals surface area contributed by atoms with Gasteiger partial charge in [0.05, 0.1) is 0 Å². The molecule has 100 valence electrons. The van der Waals surface area contributed by atoms with Crippen molar-refractivity contribution in [3.05, 3.63) is 29.3 Å². The summed E-state index contributed by atoms with van der Waals surface area (Å²) in [7, 11) is 0. The van der Waals surface area contributed by atoms with Crippen LogP contribution in [0.3, 0.4) is 0 Å². The monoisotopic (exact) mass is 246 g/mol. The van der Waals surface area contributed by atoms with Gasteiger partial charge in [-0.3, -0.25) is 0 Å². The van der Waals surface area contributed by atoms with E-state index in [4.69, 9.17) is 5.73 Å². The molecular formula is C16H26N2. The van der Waals surface area contributed by atoms with Crippen molar-refractivity contribution >= 4 is 5.69 Å². The Morgan fingerprint density at radius 2 is 2.06 bits per heavy atom. The first-order chi connectivity index (χ1) is 8.45. The number of piperidine rings is 1. The van der Waals surface area contributed by atoms with Crippen LogP contribution in [0, 0.1) is 25.2 Å². The van der Waals surface area contributed by atoms with Crippen molar-refractivity contribution in [2.45, 2.75) is 34.1 Å². The summed E-state index contributed by atoms with van der Waals surface area (Å²) in [6.45, 7) is 12.2. The number of hydrogen-bond acceptors (Lipinski definition) is 2. The summed E-state index contributed by atoms with van der Waals surface area (Å²) in [5.41, 5.74) is 10.4. The molecule has 0 aromatic heterocycles. The Balaban J connectivity index is 2.24. The summed E-state index contributed by atoms with van der Waals surface area (Å²) >= 11 is 0. The molecule has 1 aliphatic rings. The third kappa shape index (κ3) is 2.39. The highest BCUT2D eigenvalue weighted by molar-refractivity contribution is 5.56. The van der Waals surface area contributed by atoms with Crippen LogP contribution in [0.1, 0.15) is 31.4 Å². The maximum atomic E-state index is 5.90. The highest BCUT2D eigenvalue weighted by atomic mass is 15.1. The summed E-state index contributed by atoms with van der Waals surface area (Å²) in [6.07, 6.45) is 1.21. The number of nitrogens with zero attached hydrogens (tertiary/aromatic N) is 1. The lowest BCUT2D eigenvalue weighted by Gasteiger charge is -2.45. The molecule has 0 saturated carbocycles. The van der Waals surface area contributed by atoms with Gasteiger partial charge in [0, 0.05) is 18.8 Å². The second-order valence-corrected chi connectivity index (χ2v) is 6.35. The first-order valence-corrected chi connectivity index (χ1v) is 6.97. The summed E-state index contributed by atoms with van der Waals surface area (Å²) < 4.78 is 0. The fraction of sp³-hybridized carbons (Fsp3) is 0.625. The zero-order chi connectivity index (χ0) is 13.3. The predicted octanol–water partition coefficient (Wildman–Crippen LogP) is 3.11. The Morgan fingerprint density at radius 1 is 1.33 bits per heavy atom. The van der Waals surface area contributed by atoms with E-state index >= 15 is 0 Å². The van der Waals surface area contributed by atoms with Gasteiger partial charge in [-0.15, -0.1) is 0 Å². The molecule has 0 aliphatic carbocycles. The Kier molecular flexibility index (Phi) is 3.67. The van der Waals surface area contributed by atoms with Crippen molar-refractivity contribution in [1.29, 1.82) is 0 Å². The smallest absolute Gasteiger partial charge is 0.0398 e. The first kappa shape index (κ1) is 13.4. The first-order valence-electron chi connectivity index (χ1n) is 6.97. The van der Waals surface area contributed by atoms with Crippen LogP contribution < -0.4 is 10.6 Å². The number of nitrogens with two attached hydrogens (primary N) is 1. The molecule has 1 fully saturated rings. The zero-order valence-corrected chi connectivity index (χ0v) is 12.2. The van der Waals surface area contributed by atoms with Crippen LogP contribution in [0.25, 0.3) is 0 Å². The molecule has 0 bridgehead atoms. The van der Waals surface area contributed by atoms with Gasteiger partial charge in [-0.25, -0.2) is 0 Å². The van der Waals surface area contributed by atoms with Crippen LogP contribution in [-0.2, 0) is 0 Å². The summed E-state index contributed by atoms with van der Waals surface area (Å²) in [6, 6.07) is 6.61. The lowest BCUT2D eigenvalue weighted by Crippen LogP contribution is -2.48. The van der Waals surface area contributed by atoms with Crippen molar-refractivity contribution in [2.75, 3.05) is 24.5 Å². The van der Waals surface area contributed by atoms with Crippen LogP contribution >= 0.6 is 0 Å². The molecule has 1 saturated heterocycles. The van der Waals surface area contributed by atoms with Gasteiger partial charge in [0.2, 0.25) is 0 Å². The Bertz CT molecular complexity index is 423. The maximum Gasteiger partial charge on any atom is 0.0398 e. The van der Waals surface area contributed by atoms with E-state index in [1.54, 1.807) is 0 Å². The number of aryl methyl sites for hydroxylation is 1. The maximum absolute atomic E-state index is 5.90. The van der Waals surface area contributed by atoms with Crippen molar-refractivity contribution < 1.29 is 0 Å². The standard InChI is InChI=1S/C16H26N2/c1-12-6-5-7-15(13(12)2)18-9-8-14(10-17)16(3,4)11-18/h5-7,14H,8-11,17H2,1-4H3. The van der Waals surface area contributed by atoms with E-state index in [9.17, 15) is 0 Å². The van der Waals surface area contributed by atoms with Gasteiger partial charge in [-0.05, 0) is 55.3 Å². The average Bonchev–Trinajstić information content (AvgIpc) is 2.31. The van der Waals surface area contributed by atoms with Crippen LogP contribution in [0.2, 0.25) is 0 Å². The molecule has 18 heavy (non-hydrogen) atoms. The van der Waals surface area contributed by atoms with Crippen molar-refractivity contribution in [1.82, 2.24) is 0 Å². The Morgan fingerprint density at radius 3 is 2.67 bits per heavy atom. The fourth-order valence-corrected chi connectivity index (χ4v) is 3.12. The van der Waals surface area contributed by atoms with Crippen molar-refractivity contribution in [2.24, 2.45) is 17.1 Å². The molecule has 0 spiro atoms. The van der Waals surface area contributed by atoms with E-state index in [2.05, 4.69) is 50.8 Å². The summed E-state index contributed by atoms with van der Waals surface area (Å²) in [4.78, 5) is 2.54. The normalized spacial score (nSPS) is 23.2. The highest BCUT2D eigenvalue weighted by Crippen LogP contribution is 2.37. The molecule has 1 heterocycles. The zero-order valence-electron chi connectivity index (χ0n) is 12.2. The lowest BCUT2D eigenvalue weighted by atomic mass is 9.73. The van der Waals surface area contributed by atoms with Gasteiger partial charge in [-0.2, -0.15) is 0 Å². The van der Waals surface area contributed by atoms with Crippen LogP contribution in [0.5, 0.6) is 0 Å². The minimum Gasteiger partial charge on any atom is -0.371 e. The van der Waals surface area contributed by atoms with Crippen molar-refractivity contribution in [3.8, 4) is 0 Å². The third-order valence-corrected chi connectivity index (χ3v) is 4.65. The van der Waals surface area contributed by atoms with Gasteiger partial charge >= 0.3 is 0 Å². The number of rotatable bonds is 2. The second kappa shape index (κ2) is 4.93. The van der Waals surface area contributed by atoms with Crippen molar-refractivity contribution in [3.63, 3.8) is 0 Å². The number of anilines is 1. The summed E-state index contributed by atoms with van der Waals surface area (Å²) in [5, 5.41) is 0. The second-order valence-electron chi connectivity index (χ2n) is 6.35. The fourth-order valence-electron chi connectivity index (χ4n) is 3.12. The largest absolute Gasteiger partial charge is 0.371 e. The van der Waals surface area contributed by atoms with Crippen LogP contribution in [0.15, 0.2) is 18.2 Å². The average molecular weight is 246 g/mol. The molecule has 0 amide bonds. The molecule has 1 aromatic rings. The molecule has 2 N–H and O–H groups in total. The van der Waals surface area contributed by atoms with Gasteiger partial charge in [0.1, 0.15) is 0 Å². The van der Waals surface area contributed by atoms with E-state index in [1.807, 2.05) is 0 Å².